The molecule has 2 aliphatic rings. The second-order valence-corrected chi connectivity index (χ2v) is 5.87. The molecule has 1 N–H and O–H groups in total. The van der Waals surface area contributed by atoms with Crippen LogP contribution in [-0.2, 0) is 0 Å². The number of aromatic nitrogens is 1. The van der Waals surface area contributed by atoms with Gasteiger partial charge in [-0.05, 0) is 55.3 Å². The molecule has 2 atom stereocenters. The first-order chi connectivity index (χ1) is 8.74. The van der Waals surface area contributed by atoms with Gasteiger partial charge < -0.3 is 5.32 Å². The van der Waals surface area contributed by atoms with Gasteiger partial charge in [-0.3, -0.25) is 0 Å². The van der Waals surface area contributed by atoms with E-state index in [0.717, 1.165) is 24.4 Å². The molecule has 2 heterocycles. The fourth-order valence-corrected chi connectivity index (χ4v) is 3.25. The summed E-state index contributed by atoms with van der Waals surface area (Å²) in [6.45, 7) is 1.13. The summed E-state index contributed by atoms with van der Waals surface area (Å²) in [6.07, 6.45) is 9.20. The lowest BCUT2D eigenvalue weighted by Crippen LogP contribution is -2.41. The minimum Gasteiger partial charge on any atom is -0.310 e. The van der Waals surface area contributed by atoms with Crippen LogP contribution in [0, 0.1) is 5.92 Å². The molecule has 1 aromatic rings. The van der Waals surface area contributed by atoms with Crippen molar-refractivity contribution in [2.75, 3.05) is 6.54 Å². The van der Waals surface area contributed by atoms with Gasteiger partial charge in [0.1, 0.15) is 5.15 Å². The number of fused-ring (bicyclic) bond motifs is 1. The minimum atomic E-state index is 0.380. The van der Waals surface area contributed by atoms with Crippen LogP contribution in [0.25, 0.3) is 5.57 Å². The van der Waals surface area contributed by atoms with E-state index >= 15 is 0 Å². The van der Waals surface area contributed by atoms with E-state index in [9.17, 15) is 0 Å². The lowest BCUT2D eigenvalue weighted by molar-refractivity contribution is 0.298. The van der Waals surface area contributed by atoms with E-state index < -0.39 is 0 Å². The largest absolute Gasteiger partial charge is 0.310 e. The van der Waals surface area contributed by atoms with Gasteiger partial charge in [-0.2, -0.15) is 0 Å². The molecule has 0 amide bonds. The Kier molecular flexibility index (Phi) is 3.60. The highest BCUT2D eigenvalue weighted by atomic mass is 35.5. The summed E-state index contributed by atoms with van der Waals surface area (Å²) in [7, 11) is 0. The monoisotopic (exact) mass is 282 g/mol. The van der Waals surface area contributed by atoms with E-state index in [4.69, 9.17) is 23.2 Å². The summed E-state index contributed by atoms with van der Waals surface area (Å²) in [5.74, 6) is 0.804. The Bertz CT molecular complexity index is 485. The number of piperidine rings is 1. The van der Waals surface area contributed by atoms with Crippen molar-refractivity contribution in [2.45, 2.75) is 31.7 Å². The number of rotatable bonds is 1. The first-order valence-corrected chi connectivity index (χ1v) is 7.25. The van der Waals surface area contributed by atoms with Crippen LogP contribution in [0.5, 0.6) is 0 Å². The Hall–Kier alpha value is -0.570. The van der Waals surface area contributed by atoms with Gasteiger partial charge in [0.2, 0.25) is 0 Å². The van der Waals surface area contributed by atoms with Crippen molar-refractivity contribution in [3.8, 4) is 0 Å². The highest BCUT2D eigenvalue weighted by Crippen LogP contribution is 2.35. The fourth-order valence-electron chi connectivity index (χ4n) is 2.98. The molecule has 2 unspecified atom stereocenters. The molecule has 1 aliphatic heterocycles. The molecule has 1 aromatic heterocycles. The quantitative estimate of drug-likeness (QED) is 0.790. The Morgan fingerprint density at radius 3 is 3.00 bits per heavy atom. The summed E-state index contributed by atoms with van der Waals surface area (Å²) in [5.41, 5.74) is 2.45. The van der Waals surface area contributed by atoms with Gasteiger partial charge in [-0.15, -0.1) is 0 Å². The average Bonchev–Trinajstić information content (AvgIpc) is 2.41. The Morgan fingerprint density at radius 1 is 1.28 bits per heavy atom. The third-order valence-electron chi connectivity index (χ3n) is 3.97. The minimum absolute atomic E-state index is 0.380. The summed E-state index contributed by atoms with van der Waals surface area (Å²) < 4.78 is 0. The van der Waals surface area contributed by atoms with Crippen LogP contribution in [0.3, 0.4) is 0 Å². The van der Waals surface area contributed by atoms with Crippen molar-refractivity contribution in [1.82, 2.24) is 10.3 Å². The van der Waals surface area contributed by atoms with E-state index in [1.807, 2.05) is 12.3 Å². The molecule has 1 aliphatic carbocycles. The van der Waals surface area contributed by atoms with Crippen LogP contribution in [0.15, 0.2) is 18.3 Å². The Balaban J connectivity index is 1.87. The third kappa shape index (κ3) is 2.42. The molecule has 18 heavy (non-hydrogen) atoms. The lowest BCUT2D eigenvalue weighted by Gasteiger charge is -2.35. The molecule has 0 spiro atoms. The summed E-state index contributed by atoms with van der Waals surface area (Å²) >= 11 is 11.9. The summed E-state index contributed by atoms with van der Waals surface area (Å²) in [4.78, 5) is 4.13. The first kappa shape index (κ1) is 12.5. The van der Waals surface area contributed by atoms with E-state index in [-0.39, 0.29) is 0 Å². The van der Waals surface area contributed by atoms with Gasteiger partial charge in [0.15, 0.2) is 0 Å². The van der Waals surface area contributed by atoms with E-state index in [0.29, 0.717) is 16.2 Å². The molecular weight excluding hydrogens is 267 g/mol. The topological polar surface area (TPSA) is 24.9 Å². The van der Waals surface area contributed by atoms with Gasteiger partial charge in [0.05, 0.1) is 5.02 Å². The maximum atomic E-state index is 6.03. The highest BCUT2D eigenvalue weighted by molar-refractivity contribution is 6.41. The van der Waals surface area contributed by atoms with E-state index in [1.54, 1.807) is 0 Å². The highest BCUT2D eigenvalue weighted by Gasteiger charge is 2.27. The average molecular weight is 283 g/mol. The SMILES string of the molecule is Clc1cc(C2=CC3NCCCC3CC2)cnc1Cl. The normalized spacial score (nSPS) is 27.6. The zero-order valence-corrected chi connectivity index (χ0v) is 11.6. The molecule has 0 saturated carbocycles. The predicted molar refractivity (Wildman–Crippen MR) is 76.0 cm³/mol. The van der Waals surface area contributed by atoms with Crippen molar-refractivity contribution >= 4 is 28.8 Å². The van der Waals surface area contributed by atoms with Crippen LogP contribution < -0.4 is 5.32 Å². The van der Waals surface area contributed by atoms with Gasteiger partial charge in [-0.25, -0.2) is 4.98 Å². The van der Waals surface area contributed by atoms with Crippen molar-refractivity contribution in [1.29, 1.82) is 0 Å². The smallest absolute Gasteiger partial charge is 0.147 e. The molecule has 0 aromatic carbocycles. The molecule has 2 nitrogen and oxygen atoms in total. The molecule has 4 heteroatoms. The second kappa shape index (κ2) is 5.20. The van der Waals surface area contributed by atoms with E-state index in [2.05, 4.69) is 16.4 Å². The van der Waals surface area contributed by atoms with Crippen molar-refractivity contribution in [3.63, 3.8) is 0 Å². The molecule has 3 rings (SSSR count). The second-order valence-electron chi connectivity index (χ2n) is 5.11. The number of halogens is 2. The molecule has 1 fully saturated rings. The van der Waals surface area contributed by atoms with Gasteiger partial charge in [0.25, 0.3) is 0 Å². The third-order valence-corrected chi connectivity index (χ3v) is 4.66. The number of hydrogen-bond donors (Lipinski definition) is 1. The maximum Gasteiger partial charge on any atom is 0.147 e. The van der Waals surface area contributed by atoms with Crippen LogP contribution in [0.2, 0.25) is 10.2 Å². The van der Waals surface area contributed by atoms with Crippen molar-refractivity contribution in [3.05, 3.63) is 34.1 Å². The van der Waals surface area contributed by atoms with Crippen molar-refractivity contribution < 1.29 is 0 Å². The standard InChI is InChI=1S/C14H16Cl2N2/c15-12-6-11(8-18-14(12)16)10-4-3-9-2-1-5-17-13(9)7-10/h6-9,13,17H,1-5H2. The number of nitrogens with zero attached hydrogens (tertiary/aromatic N) is 1. The molecule has 1 saturated heterocycles. The summed E-state index contributed by atoms with van der Waals surface area (Å²) in [6, 6.07) is 2.45. The summed E-state index contributed by atoms with van der Waals surface area (Å²) in [5, 5.41) is 4.51. The predicted octanol–water partition coefficient (Wildman–Crippen LogP) is 3.93. The molecule has 96 valence electrons. The van der Waals surface area contributed by atoms with Crippen molar-refractivity contribution in [2.24, 2.45) is 5.92 Å². The Labute approximate surface area is 117 Å². The van der Waals surface area contributed by atoms with Crippen LogP contribution in [-0.4, -0.2) is 17.6 Å². The lowest BCUT2D eigenvalue weighted by atomic mass is 9.79. The number of pyridine rings is 1. The zero-order chi connectivity index (χ0) is 12.5. The maximum absolute atomic E-state index is 6.03. The van der Waals surface area contributed by atoms with Crippen LogP contribution in [0.1, 0.15) is 31.2 Å². The molecule has 0 bridgehead atoms. The number of allylic oxidation sites excluding steroid dienone is 1. The van der Waals surface area contributed by atoms with Gasteiger partial charge in [0, 0.05) is 12.2 Å². The van der Waals surface area contributed by atoms with Crippen LogP contribution in [0.4, 0.5) is 0 Å². The number of hydrogen-bond acceptors (Lipinski definition) is 2. The van der Waals surface area contributed by atoms with E-state index in [1.165, 1.54) is 24.8 Å². The first-order valence-electron chi connectivity index (χ1n) is 6.49. The van der Waals surface area contributed by atoms with Gasteiger partial charge >= 0.3 is 0 Å². The molecule has 0 radical (unpaired) electrons. The van der Waals surface area contributed by atoms with Crippen LogP contribution >= 0.6 is 23.2 Å². The molecular formula is C14H16Cl2N2. The zero-order valence-electron chi connectivity index (χ0n) is 10.1. The number of nitrogens with one attached hydrogen (secondary N) is 1. The van der Waals surface area contributed by atoms with Gasteiger partial charge in [-0.1, -0.05) is 29.3 Å². The Morgan fingerprint density at radius 2 is 2.17 bits per heavy atom. The fraction of sp³-hybridized carbons (Fsp3) is 0.500.